The quantitative estimate of drug-likeness (QED) is 0.174. The molecule has 4 aliphatic carbocycles. The van der Waals surface area contributed by atoms with E-state index in [0.717, 1.165) is 7.11 Å². The van der Waals surface area contributed by atoms with E-state index in [1.54, 1.807) is 13.8 Å². The molecular formula is C28H42O11. The van der Waals surface area contributed by atoms with Gasteiger partial charge in [-0.1, -0.05) is 12.5 Å². The first-order valence-corrected chi connectivity index (χ1v) is 13.9. The number of fused-ring (bicyclic) bond motifs is 5. The van der Waals surface area contributed by atoms with Crippen LogP contribution in [0.1, 0.15) is 72.1 Å². The number of carbonyl (C=O) groups is 2. The van der Waals surface area contributed by atoms with E-state index < -0.39 is 82.6 Å². The lowest BCUT2D eigenvalue weighted by Gasteiger charge is -2.67. The fraction of sp³-hybridized carbons (Fsp3) is 0.857. The molecule has 0 aromatic carbocycles. The lowest BCUT2D eigenvalue weighted by molar-refractivity contribution is -0.370. The van der Waals surface area contributed by atoms with Crippen molar-refractivity contribution in [2.75, 3.05) is 13.7 Å². The summed E-state index contributed by atoms with van der Waals surface area (Å²) in [4.78, 5) is 26.0. The van der Waals surface area contributed by atoms with Gasteiger partial charge in [-0.15, -0.1) is 0 Å². The summed E-state index contributed by atoms with van der Waals surface area (Å²) in [5.41, 5.74) is -8.64. The van der Waals surface area contributed by atoms with Crippen molar-refractivity contribution in [3.63, 3.8) is 0 Å². The number of Topliss-reactive ketones (excluding diaryl/α,β-unsaturated/α-hetero) is 1. The van der Waals surface area contributed by atoms with Crippen molar-refractivity contribution in [1.82, 2.24) is 0 Å². The van der Waals surface area contributed by atoms with Crippen molar-refractivity contribution in [3.8, 4) is 0 Å². The summed E-state index contributed by atoms with van der Waals surface area (Å²) in [5.74, 6) is -5.15. The molecule has 1 aliphatic heterocycles. The average molecular weight is 555 g/mol. The molecule has 0 aromatic rings. The first kappa shape index (κ1) is 29.1. The Bertz CT molecular complexity index is 1110. The molecular weight excluding hydrogens is 512 g/mol. The van der Waals surface area contributed by atoms with Crippen molar-refractivity contribution >= 4 is 11.8 Å². The molecule has 0 aromatic heterocycles. The zero-order chi connectivity index (χ0) is 29.0. The van der Waals surface area contributed by atoms with Crippen LogP contribution in [0.15, 0.2) is 11.1 Å². The third-order valence-corrected chi connectivity index (χ3v) is 12.0. The number of hydrogen-bond donors (Lipinski definition) is 7. The van der Waals surface area contributed by atoms with Crippen molar-refractivity contribution in [2.45, 2.75) is 113 Å². The summed E-state index contributed by atoms with van der Waals surface area (Å²) in [6.45, 7) is 4.21. The summed E-state index contributed by atoms with van der Waals surface area (Å²) >= 11 is 0. The zero-order valence-corrected chi connectivity index (χ0v) is 23.0. The van der Waals surface area contributed by atoms with E-state index in [-0.39, 0.29) is 49.9 Å². The molecule has 4 fully saturated rings. The monoisotopic (exact) mass is 554 g/mol. The van der Waals surface area contributed by atoms with E-state index in [2.05, 4.69) is 0 Å². The molecule has 0 unspecified atom stereocenters. The number of ether oxygens (including phenoxy) is 2. The first-order chi connectivity index (χ1) is 18.0. The molecule has 5 aliphatic rings. The van der Waals surface area contributed by atoms with Crippen molar-refractivity contribution in [2.24, 2.45) is 22.7 Å². The number of ketones is 1. The van der Waals surface area contributed by atoms with Gasteiger partial charge in [-0.25, -0.2) is 4.79 Å². The number of aliphatic hydroxyl groups is 7. The van der Waals surface area contributed by atoms with E-state index in [1.807, 2.05) is 0 Å². The maximum atomic E-state index is 13.4. The Labute approximate surface area is 227 Å². The Morgan fingerprint density at radius 3 is 2.33 bits per heavy atom. The van der Waals surface area contributed by atoms with Crippen LogP contribution in [0.5, 0.6) is 0 Å². The maximum Gasteiger partial charge on any atom is 0.336 e. The van der Waals surface area contributed by atoms with Crippen LogP contribution in [0.3, 0.4) is 0 Å². The van der Waals surface area contributed by atoms with Gasteiger partial charge in [-0.3, -0.25) is 4.79 Å². The van der Waals surface area contributed by atoms with Gasteiger partial charge >= 0.3 is 5.97 Å². The smallest absolute Gasteiger partial charge is 0.336 e. The minimum atomic E-state index is -2.57. The van der Waals surface area contributed by atoms with Gasteiger partial charge in [0.15, 0.2) is 6.10 Å². The second kappa shape index (κ2) is 8.78. The normalized spacial score (nSPS) is 51.5. The molecule has 0 amide bonds. The minimum absolute atomic E-state index is 0.0380. The number of aliphatic hydroxyl groups excluding tert-OH is 3. The van der Waals surface area contributed by atoms with Crippen molar-refractivity contribution in [3.05, 3.63) is 11.1 Å². The number of esters is 1. The van der Waals surface area contributed by atoms with Gasteiger partial charge in [0.1, 0.15) is 22.6 Å². The lowest BCUT2D eigenvalue weighted by Crippen LogP contribution is -2.77. The largest absolute Gasteiger partial charge is 0.453 e. The van der Waals surface area contributed by atoms with Gasteiger partial charge in [0.2, 0.25) is 5.79 Å². The first-order valence-electron chi connectivity index (χ1n) is 13.9. The van der Waals surface area contributed by atoms with E-state index >= 15 is 0 Å². The Morgan fingerprint density at radius 1 is 1.08 bits per heavy atom. The fourth-order valence-corrected chi connectivity index (χ4v) is 9.51. The molecule has 5 rings (SSSR count). The van der Waals surface area contributed by atoms with Crippen LogP contribution >= 0.6 is 0 Å². The van der Waals surface area contributed by atoms with Crippen LogP contribution in [-0.4, -0.2) is 102 Å². The molecule has 4 saturated carbocycles. The SMILES string of the molecule is CO[C@](O)([C@@H]1CC(C)=C(CO)C(=O)O1)[C@]1(O)C[C@H](O)[C@@]2(O)[C@@H]3C[C@@H](O)[C@@]4(O)CCCC(=O)[C@]4(C)[C@H]3CC[C@@]21C. The predicted molar refractivity (Wildman–Crippen MR) is 134 cm³/mol. The Morgan fingerprint density at radius 2 is 1.74 bits per heavy atom. The predicted octanol–water partition coefficient (Wildman–Crippen LogP) is -0.540. The Hall–Kier alpha value is -1.44. The molecule has 11 atom stereocenters. The fourth-order valence-electron chi connectivity index (χ4n) is 9.51. The van der Waals surface area contributed by atoms with Crippen LogP contribution < -0.4 is 0 Å². The number of rotatable bonds is 4. The molecule has 0 bridgehead atoms. The number of methoxy groups -OCH3 is 1. The van der Waals surface area contributed by atoms with Gasteiger partial charge in [0, 0.05) is 31.8 Å². The van der Waals surface area contributed by atoms with Gasteiger partial charge in [-0.05, 0) is 57.8 Å². The molecule has 39 heavy (non-hydrogen) atoms. The summed E-state index contributed by atoms with van der Waals surface area (Å²) < 4.78 is 11.0. The second-order valence-electron chi connectivity index (χ2n) is 13.1. The van der Waals surface area contributed by atoms with E-state index in [4.69, 9.17) is 9.47 Å². The standard InChI is InChI=1S/C28H42O11/c1-14-10-21(39-22(33)15(14)13-29)28(37,38-4)26(35)12-20(32)27(36)17-11-19(31)25(34)8-5-6-18(30)24(25,3)16(17)7-9-23(26,27)2/h16-17,19-21,29,31-32,34-37H,5-13H2,1-4H3/t16-,17+,19+,20-,21-,23+,24-,25-,26-,27-,28+/m0/s1. The molecule has 11 heteroatoms. The highest BCUT2D eigenvalue weighted by Gasteiger charge is 2.82. The molecule has 0 spiro atoms. The van der Waals surface area contributed by atoms with Gasteiger partial charge < -0.3 is 45.2 Å². The highest BCUT2D eigenvalue weighted by atomic mass is 16.7. The van der Waals surface area contributed by atoms with Crippen molar-refractivity contribution in [1.29, 1.82) is 0 Å². The molecule has 1 heterocycles. The third kappa shape index (κ3) is 3.16. The summed E-state index contributed by atoms with van der Waals surface area (Å²) in [6, 6.07) is 0. The van der Waals surface area contributed by atoms with Gasteiger partial charge in [-0.2, -0.15) is 0 Å². The topological polar surface area (TPSA) is 194 Å². The number of hydrogen-bond acceptors (Lipinski definition) is 11. The molecule has 220 valence electrons. The highest BCUT2D eigenvalue weighted by Crippen LogP contribution is 2.71. The van der Waals surface area contributed by atoms with Crippen LogP contribution in [0.2, 0.25) is 0 Å². The molecule has 0 radical (unpaired) electrons. The maximum absolute atomic E-state index is 13.4. The van der Waals surface area contributed by atoms with Gasteiger partial charge in [0.25, 0.3) is 0 Å². The van der Waals surface area contributed by atoms with Crippen LogP contribution in [0.25, 0.3) is 0 Å². The van der Waals surface area contributed by atoms with Crippen LogP contribution in [0.4, 0.5) is 0 Å². The second-order valence-corrected chi connectivity index (χ2v) is 13.1. The summed E-state index contributed by atoms with van der Waals surface area (Å²) in [6.07, 6.45) is -3.89. The Balaban J connectivity index is 1.60. The summed E-state index contributed by atoms with van der Waals surface area (Å²) in [7, 11) is 1.14. The molecule has 11 nitrogen and oxygen atoms in total. The Kier molecular flexibility index (Phi) is 6.54. The summed E-state index contributed by atoms with van der Waals surface area (Å²) in [5, 5.41) is 80.7. The van der Waals surface area contributed by atoms with Crippen LogP contribution in [-0.2, 0) is 19.1 Å². The number of cyclic esters (lactones) is 1. The minimum Gasteiger partial charge on any atom is -0.453 e. The highest BCUT2D eigenvalue weighted by molar-refractivity contribution is 5.90. The van der Waals surface area contributed by atoms with E-state index in [0.29, 0.717) is 12.0 Å². The third-order valence-electron chi connectivity index (χ3n) is 12.0. The molecule has 0 saturated heterocycles. The lowest BCUT2D eigenvalue weighted by atomic mass is 9.40. The van der Waals surface area contributed by atoms with Crippen LogP contribution in [0, 0.1) is 22.7 Å². The number of carbonyl (C=O) groups excluding carboxylic acids is 2. The van der Waals surface area contributed by atoms with Gasteiger partial charge in [0.05, 0.1) is 29.8 Å². The average Bonchev–Trinajstić information content (AvgIpc) is 3.04. The van der Waals surface area contributed by atoms with E-state index in [9.17, 15) is 45.3 Å². The zero-order valence-electron chi connectivity index (χ0n) is 23.0. The van der Waals surface area contributed by atoms with Crippen molar-refractivity contribution < 1.29 is 54.8 Å². The van der Waals surface area contributed by atoms with E-state index in [1.165, 1.54) is 6.92 Å². The molecule has 7 N–H and O–H groups in total.